The van der Waals surface area contributed by atoms with Gasteiger partial charge in [0.1, 0.15) is 0 Å². The molecule has 0 amide bonds. The molecule has 1 aromatic heterocycles. The largest absolute Gasteiger partial charge is 0.330 e. The maximum absolute atomic E-state index is 5.73. The van der Waals surface area contributed by atoms with Crippen LogP contribution >= 0.6 is 27.3 Å². The summed E-state index contributed by atoms with van der Waals surface area (Å²) < 4.78 is 1.21. The highest BCUT2D eigenvalue weighted by Crippen LogP contribution is 2.24. The van der Waals surface area contributed by atoms with Crippen molar-refractivity contribution in [3.63, 3.8) is 0 Å². The maximum atomic E-state index is 5.73. The molecule has 0 spiro atoms. The number of nitrogens with two attached hydrogens (primary N) is 1. The van der Waals surface area contributed by atoms with Crippen LogP contribution in [0.5, 0.6) is 0 Å². The molecule has 2 nitrogen and oxygen atoms in total. The standard InChI is InChI=1S/C12H21BrN2S/c1-12(2,9-14)6-7-15(3)8-10-4-5-11(13)16-10/h4-5H,6-9,14H2,1-3H3. The fourth-order valence-electron chi connectivity index (χ4n) is 1.38. The summed E-state index contributed by atoms with van der Waals surface area (Å²) in [5, 5.41) is 0. The van der Waals surface area contributed by atoms with Crippen molar-refractivity contribution in [2.45, 2.75) is 26.8 Å². The van der Waals surface area contributed by atoms with Crippen molar-refractivity contribution in [1.29, 1.82) is 0 Å². The molecule has 1 heterocycles. The van der Waals surface area contributed by atoms with E-state index in [0.717, 1.165) is 26.1 Å². The fraction of sp³-hybridized carbons (Fsp3) is 0.667. The number of hydrogen-bond acceptors (Lipinski definition) is 3. The van der Waals surface area contributed by atoms with E-state index in [1.807, 2.05) is 0 Å². The summed E-state index contributed by atoms with van der Waals surface area (Å²) in [6.45, 7) is 7.33. The van der Waals surface area contributed by atoms with Crippen LogP contribution in [0.15, 0.2) is 15.9 Å². The molecule has 0 aliphatic rings. The first-order valence-electron chi connectivity index (χ1n) is 5.56. The summed E-state index contributed by atoms with van der Waals surface area (Å²) in [6.07, 6.45) is 1.15. The van der Waals surface area contributed by atoms with Gasteiger partial charge in [-0.1, -0.05) is 13.8 Å². The zero-order valence-corrected chi connectivity index (χ0v) is 12.7. The van der Waals surface area contributed by atoms with E-state index in [1.165, 1.54) is 8.66 Å². The highest BCUT2D eigenvalue weighted by Gasteiger charge is 2.16. The lowest BCUT2D eigenvalue weighted by atomic mass is 9.89. The SMILES string of the molecule is CN(CCC(C)(C)CN)Cc1ccc(Br)s1. The Hall–Kier alpha value is 0.1000. The van der Waals surface area contributed by atoms with E-state index in [2.05, 4.69) is 53.9 Å². The average Bonchev–Trinajstić information content (AvgIpc) is 2.61. The van der Waals surface area contributed by atoms with Crippen LogP contribution in [0.25, 0.3) is 0 Å². The first-order valence-corrected chi connectivity index (χ1v) is 7.17. The van der Waals surface area contributed by atoms with Crippen molar-refractivity contribution in [3.05, 3.63) is 20.8 Å². The monoisotopic (exact) mass is 304 g/mol. The Balaban J connectivity index is 2.34. The van der Waals surface area contributed by atoms with Gasteiger partial charge in [-0.15, -0.1) is 11.3 Å². The van der Waals surface area contributed by atoms with Gasteiger partial charge in [0.25, 0.3) is 0 Å². The normalized spacial score (nSPS) is 12.4. The van der Waals surface area contributed by atoms with Gasteiger partial charge < -0.3 is 10.6 Å². The van der Waals surface area contributed by atoms with Gasteiger partial charge in [0.15, 0.2) is 0 Å². The molecule has 0 radical (unpaired) electrons. The van der Waals surface area contributed by atoms with Gasteiger partial charge in [-0.05, 0) is 60.0 Å². The van der Waals surface area contributed by atoms with Crippen LogP contribution in [0.3, 0.4) is 0 Å². The van der Waals surface area contributed by atoms with E-state index in [0.29, 0.717) is 0 Å². The van der Waals surface area contributed by atoms with E-state index in [1.54, 1.807) is 11.3 Å². The molecule has 92 valence electrons. The second kappa shape index (κ2) is 6.15. The predicted octanol–water partition coefficient (Wildman–Crippen LogP) is 3.32. The first kappa shape index (κ1) is 14.2. The first-order chi connectivity index (χ1) is 7.43. The van der Waals surface area contributed by atoms with Crippen molar-refractivity contribution < 1.29 is 0 Å². The summed E-state index contributed by atoms with van der Waals surface area (Å²) in [5.41, 5.74) is 5.98. The third-order valence-corrected chi connectivity index (χ3v) is 4.39. The smallest absolute Gasteiger partial charge is 0.0701 e. The Labute approximate surface area is 111 Å². The van der Waals surface area contributed by atoms with Crippen molar-refractivity contribution in [1.82, 2.24) is 4.90 Å². The van der Waals surface area contributed by atoms with Gasteiger partial charge >= 0.3 is 0 Å². The quantitative estimate of drug-likeness (QED) is 0.873. The maximum Gasteiger partial charge on any atom is 0.0701 e. The molecule has 0 aliphatic heterocycles. The molecular weight excluding hydrogens is 284 g/mol. The Bertz CT molecular complexity index is 323. The molecule has 0 saturated carbocycles. The predicted molar refractivity (Wildman–Crippen MR) is 75.8 cm³/mol. The van der Waals surface area contributed by atoms with E-state index >= 15 is 0 Å². The molecule has 16 heavy (non-hydrogen) atoms. The summed E-state index contributed by atoms with van der Waals surface area (Å²) in [6, 6.07) is 4.29. The molecule has 0 aliphatic carbocycles. The zero-order valence-electron chi connectivity index (χ0n) is 10.3. The third kappa shape index (κ3) is 4.95. The topological polar surface area (TPSA) is 29.3 Å². The molecule has 1 rings (SSSR count). The molecule has 0 bridgehead atoms. The number of hydrogen-bond donors (Lipinski definition) is 1. The summed E-state index contributed by atoms with van der Waals surface area (Å²) in [4.78, 5) is 3.76. The highest BCUT2D eigenvalue weighted by molar-refractivity contribution is 9.11. The Morgan fingerprint density at radius 1 is 1.44 bits per heavy atom. The van der Waals surface area contributed by atoms with Gasteiger partial charge in [-0.2, -0.15) is 0 Å². The van der Waals surface area contributed by atoms with E-state index in [-0.39, 0.29) is 5.41 Å². The number of nitrogens with zero attached hydrogens (tertiary/aromatic N) is 1. The lowest BCUT2D eigenvalue weighted by molar-refractivity contribution is 0.250. The van der Waals surface area contributed by atoms with Gasteiger partial charge in [-0.3, -0.25) is 0 Å². The minimum atomic E-state index is 0.254. The number of halogens is 1. The summed E-state index contributed by atoms with van der Waals surface area (Å²) in [5.74, 6) is 0. The summed E-state index contributed by atoms with van der Waals surface area (Å²) in [7, 11) is 2.17. The molecule has 1 aromatic rings. The Kier molecular flexibility index (Phi) is 5.44. The highest BCUT2D eigenvalue weighted by atomic mass is 79.9. The van der Waals surface area contributed by atoms with Gasteiger partial charge in [0.2, 0.25) is 0 Å². The van der Waals surface area contributed by atoms with E-state index < -0.39 is 0 Å². The zero-order chi connectivity index (χ0) is 12.2. The number of rotatable bonds is 6. The molecule has 0 saturated heterocycles. The third-order valence-electron chi connectivity index (χ3n) is 2.78. The minimum Gasteiger partial charge on any atom is -0.330 e. The van der Waals surface area contributed by atoms with E-state index in [9.17, 15) is 0 Å². The molecule has 0 aromatic carbocycles. The number of thiophene rings is 1. The molecule has 0 fully saturated rings. The van der Waals surface area contributed by atoms with Crippen molar-refractivity contribution in [2.24, 2.45) is 11.1 Å². The van der Waals surface area contributed by atoms with Crippen LogP contribution in [0.1, 0.15) is 25.1 Å². The van der Waals surface area contributed by atoms with Crippen LogP contribution in [0.2, 0.25) is 0 Å². The second-order valence-electron chi connectivity index (χ2n) is 5.06. The molecule has 2 N–H and O–H groups in total. The Morgan fingerprint density at radius 2 is 2.12 bits per heavy atom. The minimum absolute atomic E-state index is 0.254. The van der Waals surface area contributed by atoms with Crippen LogP contribution in [-0.4, -0.2) is 25.0 Å². The van der Waals surface area contributed by atoms with Crippen LogP contribution in [0, 0.1) is 5.41 Å². The van der Waals surface area contributed by atoms with Gasteiger partial charge in [0.05, 0.1) is 3.79 Å². The Morgan fingerprint density at radius 3 is 2.62 bits per heavy atom. The fourth-order valence-corrected chi connectivity index (χ4v) is 2.94. The van der Waals surface area contributed by atoms with Crippen LogP contribution in [0.4, 0.5) is 0 Å². The lowest BCUT2D eigenvalue weighted by Gasteiger charge is -2.25. The van der Waals surface area contributed by atoms with Gasteiger partial charge in [0, 0.05) is 11.4 Å². The molecule has 4 heteroatoms. The second-order valence-corrected chi connectivity index (χ2v) is 7.61. The van der Waals surface area contributed by atoms with Crippen molar-refractivity contribution in [3.8, 4) is 0 Å². The molecule has 0 atom stereocenters. The van der Waals surface area contributed by atoms with Crippen LogP contribution in [-0.2, 0) is 6.54 Å². The van der Waals surface area contributed by atoms with Gasteiger partial charge in [-0.25, -0.2) is 0 Å². The van der Waals surface area contributed by atoms with Crippen molar-refractivity contribution in [2.75, 3.05) is 20.1 Å². The average molecular weight is 305 g/mol. The molecule has 0 unspecified atom stereocenters. The molecular formula is C12H21BrN2S. The van der Waals surface area contributed by atoms with Crippen molar-refractivity contribution >= 4 is 27.3 Å². The van der Waals surface area contributed by atoms with E-state index in [4.69, 9.17) is 5.73 Å². The lowest BCUT2D eigenvalue weighted by Crippen LogP contribution is -2.29. The summed E-state index contributed by atoms with van der Waals surface area (Å²) >= 11 is 5.29. The van der Waals surface area contributed by atoms with Crippen LogP contribution < -0.4 is 5.73 Å².